The maximum absolute atomic E-state index is 14.4. The summed E-state index contributed by atoms with van der Waals surface area (Å²) in [7, 11) is 1.37. The number of rotatable bonds is 10. The number of hydrogen-bond donors (Lipinski definition) is 1. The first kappa shape index (κ1) is 35.5. The fraction of sp³-hybridized carbons (Fsp3) is 0.649. The highest BCUT2D eigenvalue weighted by molar-refractivity contribution is 7.11. The summed E-state index contributed by atoms with van der Waals surface area (Å²) < 4.78 is 16.9. The van der Waals surface area contributed by atoms with Crippen molar-refractivity contribution < 1.29 is 33.4 Å². The minimum absolute atomic E-state index is 0.108. The lowest BCUT2D eigenvalue weighted by atomic mass is 9.71. The number of esters is 1. The maximum Gasteiger partial charge on any atom is 0.337 e. The Kier molecular flexibility index (Phi) is 11.7. The average molecular weight is 695 g/mol. The van der Waals surface area contributed by atoms with Crippen LogP contribution in [0.3, 0.4) is 0 Å². The Labute approximate surface area is 293 Å². The summed E-state index contributed by atoms with van der Waals surface area (Å²) in [5.41, 5.74) is 2.88. The molecule has 6 rings (SSSR count). The van der Waals surface area contributed by atoms with E-state index in [0.29, 0.717) is 75.2 Å². The number of nitrogens with one attached hydrogen (secondary N) is 1. The van der Waals surface area contributed by atoms with Gasteiger partial charge in [-0.15, -0.1) is 11.3 Å². The molecule has 0 radical (unpaired) electrons. The minimum atomic E-state index is -0.838. The summed E-state index contributed by atoms with van der Waals surface area (Å²) >= 11 is 1.30. The SMILES string of the molecule is COC(=O)c1ccc(C2CCN(C(=O)[C@@H](NC(=O)C3CN(C(=O)c4cncs4)CC34CCOCC4)[C@@H](C)OCC3CCCCC3)CC2)cc1. The Morgan fingerprint density at radius 1 is 1.02 bits per heavy atom. The molecule has 3 aliphatic heterocycles. The van der Waals surface area contributed by atoms with Crippen LogP contribution in [0.15, 0.2) is 36.0 Å². The number of likely N-dealkylation sites (tertiary alicyclic amines) is 2. The topological polar surface area (TPSA) is 127 Å². The van der Waals surface area contributed by atoms with Gasteiger partial charge in [0, 0.05) is 51.4 Å². The molecule has 4 aliphatic rings. The second-order valence-corrected chi connectivity index (χ2v) is 15.2. The smallest absolute Gasteiger partial charge is 0.337 e. The lowest BCUT2D eigenvalue weighted by molar-refractivity contribution is -0.144. The Morgan fingerprint density at radius 2 is 1.73 bits per heavy atom. The number of aromatic nitrogens is 1. The third kappa shape index (κ3) is 8.18. The van der Waals surface area contributed by atoms with Gasteiger partial charge in [0.2, 0.25) is 11.8 Å². The van der Waals surface area contributed by atoms with E-state index in [-0.39, 0.29) is 29.6 Å². The van der Waals surface area contributed by atoms with Crippen molar-refractivity contribution in [1.82, 2.24) is 20.1 Å². The Hall–Kier alpha value is -3.35. The van der Waals surface area contributed by atoms with E-state index in [1.165, 1.54) is 37.7 Å². The first-order chi connectivity index (χ1) is 23.8. The second kappa shape index (κ2) is 16.1. The van der Waals surface area contributed by atoms with Crippen molar-refractivity contribution >= 4 is 35.0 Å². The molecule has 49 heavy (non-hydrogen) atoms. The van der Waals surface area contributed by atoms with Crippen LogP contribution in [0.2, 0.25) is 0 Å². The zero-order valence-electron chi connectivity index (χ0n) is 28.8. The van der Waals surface area contributed by atoms with Crippen LogP contribution in [0, 0.1) is 17.3 Å². The predicted molar refractivity (Wildman–Crippen MR) is 184 cm³/mol. The average Bonchev–Trinajstić information content (AvgIpc) is 3.82. The summed E-state index contributed by atoms with van der Waals surface area (Å²) in [6.45, 7) is 5.45. The standard InChI is InChI=1S/C37H50N4O7S/c1-25(48-22-26-6-4-3-5-7-26)32(35(44)40-16-12-28(13-17-40)27-8-10-29(11-9-27)36(45)46-2)39-33(42)30-21-41(34(43)31-20-38-24-49-31)23-37(30)14-18-47-19-15-37/h8-11,20,24-26,28,30,32H,3-7,12-19,21-23H2,1-2H3,(H,39,42)/t25-,30?,32+/m1/s1. The zero-order chi connectivity index (χ0) is 34.4. The Morgan fingerprint density at radius 3 is 2.39 bits per heavy atom. The fourth-order valence-corrected chi connectivity index (χ4v) is 8.84. The van der Waals surface area contributed by atoms with Crippen LogP contribution in [-0.4, -0.2) is 104 Å². The molecule has 0 bridgehead atoms. The quantitative estimate of drug-likeness (QED) is 0.356. The van der Waals surface area contributed by atoms with Gasteiger partial charge < -0.3 is 29.3 Å². The molecule has 1 saturated carbocycles. The van der Waals surface area contributed by atoms with E-state index in [9.17, 15) is 19.2 Å². The number of amides is 3. The van der Waals surface area contributed by atoms with E-state index < -0.39 is 23.5 Å². The number of hydrogen-bond acceptors (Lipinski definition) is 9. The monoisotopic (exact) mass is 694 g/mol. The van der Waals surface area contributed by atoms with E-state index in [1.54, 1.807) is 28.7 Å². The van der Waals surface area contributed by atoms with Gasteiger partial charge in [0.15, 0.2) is 0 Å². The van der Waals surface area contributed by atoms with E-state index >= 15 is 0 Å². The zero-order valence-corrected chi connectivity index (χ0v) is 29.6. The van der Waals surface area contributed by atoms with Gasteiger partial charge in [-0.1, -0.05) is 31.4 Å². The number of methoxy groups -OCH3 is 1. The third-order valence-corrected chi connectivity index (χ3v) is 12.1. The minimum Gasteiger partial charge on any atom is -0.465 e. The van der Waals surface area contributed by atoms with Crippen molar-refractivity contribution in [2.75, 3.05) is 53.1 Å². The van der Waals surface area contributed by atoms with Crippen molar-refractivity contribution in [2.45, 2.75) is 82.8 Å². The van der Waals surface area contributed by atoms with Gasteiger partial charge in [-0.25, -0.2) is 4.79 Å². The molecule has 11 nitrogen and oxygen atoms in total. The normalized spacial score (nSPS) is 22.9. The van der Waals surface area contributed by atoms with Crippen molar-refractivity contribution in [2.24, 2.45) is 17.3 Å². The highest BCUT2D eigenvalue weighted by Gasteiger charge is 2.52. The van der Waals surface area contributed by atoms with Crippen LogP contribution < -0.4 is 5.32 Å². The van der Waals surface area contributed by atoms with Crippen LogP contribution in [0.5, 0.6) is 0 Å². The summed E-state index contributed by atoms with van der Waals surface area (Å²) in [6, 6.07) is 6.67. The molecule has 3 atom stereocenters. The highest BCUT2D eigenvalue weighted by atomic mass is 32.1. The van der Waals surface area contributed by atoms with Gasteiger partial charge in [0.25, 0.3) is 5.91 Å². The van der Waals surface area contributed by atoms with Crippen molar-refractivity contribution in [3.8, 4) is 0 Å². The largest absolute Gasteiger partial charge is 0.465 e. The molecule has 12 heteroatoms. The van der Waals surface area contributed by atoms with Gasteiger partial charge in [-0.2, -0.15) is 0 Å². The van der Waals surface area contributed by atoms with Crippen LogP contribution in [0.4, 0.5) is 0 Å². The van der Waals surface area contributed by atoms with Gasteiger partial charge in [0.1, 0.15) is 10.9 Å². The molecule has 1 spiro atoms. The molecule has 2 aromatic rings. The van der Waals surface area contributed by atoms with E-state index in [1.807, 2.05) is 24.0 Å². The number of ether oxygens (including phenoxy) is 3. The molecule has 266 valence electrons. The predicted octanol–water partition coefficient (Wildman–Crippen LogP) is 4.67. The first-order valence-electron chi connectivity index (χ1n) is 17.9. The molecule has 3 saturated heterocycles. The molecule has 1 aromatic heterocycles. The van der Waals surface area contributed by atoms with Gasteiger partial charge in [-0.3, -0.25) is 19.4 Å². The van der Waals surface area contributed by atoms with E-state index in [0.717, 1.165) is 31.2 Å². The lowest BCUT2D eigenvalue weighted by Gasteiger charge is -2.39. The maximum atomic E-state index is 14.4. The summed E-state index contributed by atoms with van der Waals surface area (Å²) in [5, 5.41) is 3.19. The molecule has 1 N–H and O–H groups in total. The number of benzene rings is 1. The molecule has 1 aromatic carbocycles. The van der Waals surface area contributed by atoms with Crippen molar-refractivity contribution in [1.29, 1.82) is 0 Å². The number of carbonyl (C=O) groups excluding carboxylic acids is 4. The van der Waals surface area contributed by atoms with Gasteiger partial charge >= 0.3 is 5.97 Å². The molecular formula is C37H50N4O7S. The molecule has 4 fully saturated rings. The Bertz CT molecular complexity index is 1430. The van der Waals surface area contributed by atoms with Gasteiger partial charge in [0.05, 0.1) is 36.4 Å². The molecule has 4 heterocycles. The summed E-state index contributed by atoms with van der Waals surface area (Å²) in [5.74, 6) is -0.530. The number of nitrogens with zero attached hydrogens (tertiary/aromatic N) is 3. The molecule has 1 aliphatic carbocycles. The number of piperidine rings is 1. The van der Waals surface area contributed by atoms with Gasteiger partial charge in [-0.05, 0) is 75.0 Å². The number of thiazole rings is 1. The van der Waals surface area contributed by atoms with Crippen LogP contribution in [-0.2, 0) is 23.8 Å². The summed E-state index contributed by atoms with van der Waals surface area (Å²) in [4.78, 5) is 62.3. The van der Waals surface area contributed by atoms with Crippen LogP contribution >= 0.6 is 11.3 Å². The lowest BCUT2D eigenvalue weighted by Crippen LogP contribution is -2.58. The molecule has 1 unspecified atom stereocenters. The fourth-order valence-electron chi connectivity index (χ4n) is 8.26. The van der Waals surface area contributed by atoms with Crippen molar-refractivity contribution in [3.05, 3.63) is 52.0 Å². The summed E-state index contributed by atoms with van der Waals surface area (Å²) in [6.07, 6.45) is 9.90. The third-order valence-electron chi connectivity index (χ3n) is 11.3. The molecular weight excluding hydrogens is 644 g/mol. The van der Waals surface area contributed by atoms with E-state index in [2.05, 4.69) is 10.3 Å². The Balaban J connectivity index is 1.16. The molecule has 3 amide bonds. The second-order valence-electron chi connectivity index (χ2n) is 14.3. The van der Waals surface area contributed by atoms with Crippen molar-refractivity contribution in [3.63, 3.8) is 0 Å². The number of carbonyl (C=O) groups is 4. The van der Waals surface area contributed by atoms with E-state index in [4.69, 9.17) is 14.2 Å². The first-order valence-corrected chi connectivity index (χ1v) is 18.8. The van der Waals surface area contributed by atoms with Crippen LogP contribution in [0.1, 0.15) is 96.2 Å². The highest BCUT2D eigenvalue weighted by Crippen LogP contribution is 2.45. The van der Waals surface area contributed by atoms with Crippen LogP contribution in [0.25, 0.3) is 0 Å².